The fourth-order valence-corrected chi connectivity index (χ4v) is 3.26. The minimum atomic E-state index is -0.113. The van der Waals surface area contributed by atoms with Gasteiger partial charge in [0, 0.05) is 6.42 Å². The van der Waals surface area contributed by atoms with Crippen molar-refractivity contribution in [2.45, 2.75) is 65.2 Å². The zero-order chi connectivity index (χ0) is 19.1. The van der Waals surface area contributed by atoms with Crippen molar-refractivity contribution in [3.8, 4) is 5.75 Å². The number of nitrogens with zero attached hydrogens (tertiary/aromatic N) is 1. The van der Waals surface area contributed by atoms with Crippen LogP contribution in [0.3, 0.4) is 0 Å². The van der Waals surface area contributed by atoms with Crippen LogP contribution in [0.15, 0.2) is 40.8 Å². The summed E-state index contributed by atoms with van der Waals surface area (Å²) in [6.07, 6.45) is 1.58. The Balaban J connectivity index is 1.93. The minimum absolute atomic E-state index is 0.113. The van der Waals surface area contributed by atoms with E-state index in [9.17, 15) is 5.11 Å². The minimum Gasteiger partial charge on any atom is -0.507 e. The number of phenolic OH excluding ortho intramolecular Hbond substituents is 1. The molecule has 0 unspecified atom stereocenters. The highest BCUT2D eigenvalue weighted by Crippen LogP contribution is 2.40. The van der Waals surface area contributed by atoms with Crippen LogP contribution in [0.4, 0.5) is 0 Å². The van der Waals surface area contributed by atoms with Crippen molar-refractivity contribution >= 4 is 11.1 Å². The van der Waals surface area contributed by atoms with Crippen molar-refractivity contribution in [1.29, 1.82) is 0 Å². The zero-order valence-corrected chi connectivity index (χ0v) is 16.7. The summed E-state index contributed by atoms with van der Waals surface area (Å²) in [6, 6.07) is 12.1. The fraction of sp³-hybridized carbons (Fsp3) is 0.435. The van der Waals surface area contributed by atoms with Crippen LogP contribution < -0.4 is 0 Å². The molecule has 26 heavy (non-hydrogen) atoms. The highest BCUT2D eigenvalue weighted by molar-refractivity contribution is 5.72. The molecule has 0 amide bonds. The first-order valence-electron chi connectivity index (χ1n) is 9.27. The van der Waals surface area contributed by atoms with Gasteiger partial charge in [0.05, 0.1) is 0 Å². The lowest BCUT2D eigenvalue weighted by atomic mass is 9.78. The standard InChI is InChI=1S/C23H29NO2/c1-22(2,3)16-13-15(14-17(21(16)25)23(4,5)6)11-12-20-24-18-9-7-8-10-19(18)26-20/h7-10,13-14,25H,11-12H2,1-6H3. The first kappa shape index (κ1) is 18.5. The van der Waals surface area contributed by atoms with Crippen LogP contribution in [-0.4, -0.2) is 10.1 Å². The summed E-state index contributed by atoms with van der Waals surface area (Å²) in [7, 11) is 0. The lowest BCUT2D eigenvalue weighted by Crippen LogP contribution is -2.18. The zero-order valence-electron chi connectivity index (χ0n) is 16.7. The van der Waals surface area contributed by atoms with Gasteiger partial charge in [0.15, 0.2) is 11.5 Å². The number of hydrogen-bond acceptors (Lipinski definition) is 3. The lowest BCUT2D eigenvalue weighted by Gasteiger charge is -2.28. The molecule has 3 aromatic rings. The summed E-state index contributed by atoms with van der Waals surface area (Å²) in [5, 5.41) is 10.8. The first-order chi connectivity index (χ1) is 12.1. The normalized spacial score (nSPS) is 12.7. The van der Waals surface area contributed by atoms with E-state index in [1.807, 2.05) is 24.3 Å². The summed E-state index contributed by atoms with van der Waals surface area (Å²) in [4.78, 5) is 4.57. The van der Waals surface area contributed by atoms with Gasteiger partial charge in [0.25, 0.3) is 0 Å². The number of aryl methyl sites for hydroxylation is 2. The average Bonchev–Trinajstić information content (AvgIpc) is 2.94. The molecule has 0 aliphatic carbocycles. The SMILES string of the molecule is CC(C)(C)c1cc(CCc2nc3ccccc3o2)cc(C(C)(C)C)c1O. The molecule has 138 valence electrons. The van der Waals surface area contributed by atoms with E-state index in [1.165, 1.54) is 5.56 Å². The molecule has 0 atom stereocenters. The van der Waals surface area contributed by atoms with E-state index >= 15 is 0 Å². The lowest BCUT2D eigenvalue weighted by molar-refractivity contribution is 0.422. The maximum atomic E-state index is 10.8. The number of fused-ring (bicyclic) bond motifs is 1. The molecule has 2 aromatic carbocycles. The predicted molar refractivity (Wildman–Crippen MR) is 107 cm³/mol. The summed E-state index contributed by atoms with van der Waals surface area (Å²) >= 11 is 0. The second-order valence-corrected chi connectivity index (χ2v) is 9.11. The van der Waals surface area contributed by atoms with Crippen molar-refractivity contribution in [1.82, 2.24) is 4.98 Å². The first-order valence-corrected chi connectivity index (χ1v) is 9.27. The van der Waals surface area contributed by atoms with Crippen molar-refractivity contribution in [3.63, 3.8) is 0 Å². The van der Waals surface area contributed by atoms with Gasteiger partial charge in [-0.3, -0.25) is 0 Å². The molecule has 0 aliphatic rings. The third kappa shape index (κ3) is 3.77. The Hall–Kier alpha value is -2.29. The van der Waals surface area contributed by atoms with E-state index < -0.39 is 0 Å². The number of aromatic hydroxyl groups is 1. The Morgan fingerprint density at radius 3 is 2.00 bits per heavy atom. The van der Waals surface area contributed by atoms with E-state index in [0.717, 1.165) is 41.0 Å². The molecule has 0 radical (unpaired) electrons. The molecule has 3 rings (SSSR count). The Morgan fingerprint density at radius 2 is 1.46 bits per heavy atom. The summed E-state index contributed by atoms with van der Waals surface area (Å²) in [6.45, 7) is 12.8. The van der Waals surface area contributed by atoms with Crippen LogP contribution in [0, 0.1) is 0 Å². The van der Waals surface area contributed by atoms with Crippen molar-refractivity contribution in [2.24, 2.45) is 0 Å². The third-order valence-electron chi connectivity index (χ3n) is 4.75. The van der Waals surface area contributed by atoms with Gasteiger partial charge >= 0.3 is 0 Å². The number of para-hydroxylation sites is 2. The van der Waals surface area contributed by atoms with Gasteiger partial charge in [-0.15, -0.1) is 0 Å². The molecule has 0 saturated heterocycles. The van der Waals surface area contributed by atoms with Gasteiger partial charge in [0.1, 0.15) is 11.3 Å². The van der Waals surface area contributed by atoms with Crippen LogP contribution in [0.1, 0.15) is 64.1 Å². The van der Waals surface area contributed by atoms with E-state index in [2.05, 4.69) is 58.7 Å². The summed E-state index contributed by atoms with van der Waals surface area (Å²) in [5.74, 6) is 1.18. The predicted octanol–water partition coefficient (Wildman–Crippen LogP) is 5.91. The Bertz CT molecular complexity index is 855. The van der Waals surface area contributed by atoms with Gasteiger partial charge in [-0.2, -0.15) is 0 Å². The van der Waals surface area contributed by atoms with E-state index in [1.54, 1.807) is 0 Å². The van der Waals surface area contributed by atoms with Gasteiger partial charge in [0.2, 0.25) is 0 Å². The molecular formula is C23H29NO2. The molecule has 0 spiro atoms. The van der Waals surface area contributed by atoms with Crippen molar-refractivity contribution in [3.05, 3.63) is 59.0 Å². The molecule has 0 fully saturated rings. The highest BCUT2D eigenvalue weighted by Gasteiger charge is 2.26. The third-order valence-corrected chi connectivity index (χ3v) is 4.75. The maximum Gasteiger partial charge on any atom is 0.195 e. The Morgan fingerprint density at radius 1 is 0.885 bits per heavy atom. The monoisotopic (exact) mass is 351 g/mol. The number of aromatic nitrogens is 1. The largest absolute Gasteiger partial charge is 0.507 e. The average molecular weight is 351 g/mol. The quantitative estimate of drug-likeness (QED) is 0.637. The van der Waals surface area contributed by atoms with E-state index in [4.69, 9.17) is 4.42 Å². The number of hydrogen-bond donors (Lipinski definition) is 1. The Labute approximate surface area is 156 Å². The molecule has 1 heterocycles. The van der Waals surface area contributed by atoms with E-state index in [0.29, 0.717) is 5.75 Å². The molecule has 3 heteroatoms. The summed E-state index contributed by atoms with van der Waals surface area (Å²) in [5.41, 5.74) is 4.71. The molecule has 0 bridgehead atoms. The highest BCUT2D eigenvalue weighted by atomic mass is 16.3. The summed E-state index contributed by atoms with van der Waals surface area (Å²) < 4.78 is 5.85. The second kappa shape index (κ2) is 6.46. The van der Waals surface area contributed by atoms with Gasteiger partial charge in [-0.1, -0.05) is 65.8 Å². The topological polar surface area (TPSA) is 46.3 Å². The van der Waals surface area contributed by atoms with Gasteiger partial charge in [-0.25, -0.2) is 4.98 Å². The fourth-order valence-electron chi connectivity index (χ4n) is 3.26. The number of oxazole rings is 1. The van der Waals surface area contributed by atoms with Crippen molar-refractivity contribution in [2.75, 3.05) is 0 Å². The van der Waals surface area contributed by atoms with Crippen LogP contribution in [0.5, 0.6) is 5.75 Å². The molecule has 3 nitrogen and oxygen atoms in total. The number of phenols is 1. The smallest absolute Gasteiger partial charge is 0.195 e. The van der Waals surface area contributed by atoms with Crippen LogP contribution in [0.2, 0.25) is 0 Å². The molecule has 1 N–H and O–H groups in total. The number of benzene rings is 2. The van der Waals surface area contributed by atoms with Crippen LogP contribution in [-0.2, 0) is 23.7 Å². The maximum absolute atomic E-state index is 10.8. The van der Waals surface area contributed by atoms with Crippen LogP contribution in [0.25, 0.3) is 11.1 Å². The molecule has 1 aromatic heterocycles. The van der Waals surface area contributed by atoms with Crippen molar-refractivity contribution < 1.29 is 9.52 Å². The van der Waals surface area contributed by atoms with Gasteiger partial charge < -0.3 is 9.52 Å². The van der Waals surface area contributed by atoms with Crippen LogP contribution >= 0.6 is 0 Å². The Kier molecular flexibility index (Phi) is 4.60. The molecule has 0 saturated carbocycles. The number of rotatable bonds is 3. The second-order valence-electron chi connectivity index (χ2n) is 9.11. The van der Waals surface area contributed by atoms with Gasteiger partial charge in [-0.05, 0) is 46.1 Å². The van der Waals surface area contributed by atoms with E-state index in [-0.39, 0.29) is 10.8 Å². The molecule has 0 aliphatic heterocycles. The molecular weight excluding hydrogens is 322 g/mol.